The Morgan fingerprint density at radius 2 is 2.08 bits per heavy atom. The highest BCUT2D eigenvalue weighted by atomic mass is 35.5. The van der Waals surface area contributed by atoms with Crippen LogP contribution < -0.4 is 10.6 Å². The normalized spacial score (nSPS) is 19.4. The first-order valence-electron chi connectivity index (χ1n) is 8.25. The molecule has 1 amide bonds. The van der Waals surface area contributed by atoms with Crippen LogP contribution in [0.15, 0.2) is 40.9 Å². The molecule has 2 heterocycles. The summed E-state index contributed by atoms with van der Waals surface area (Å²) in [5.41, 5.74) is 0.998. The first-order valence-corrected chi connectivity index (χ1v) is 8.25. The lowest BCUT2D eigenvalue weighted by atomic mass is 10.00. The monoisotopic (exact) mass is 385 g/mol. The minimum atomic E-state index is 0. The predicted octanol–water partition coefficient (Wildman–Crippen LogP) is 3.37. The Kier molecular flexibility index (Phi) is 8.97. The fraction of sp³-hybridized carbons (Fsp3) is 0.444. The Balaban J connectivity index is 0.00000156. The molecule has 5 nitrogen and oxygen atoms in total. The van der Waals surface area contributed by atoms with Crippen LogP contribution >= 0.6 is 24.8 Å². The predicted molar refractivity (Wildman–Crippen MR) is 103 cm³/mol. The summed E-state index contributed by atoms with van der Waals surface area (Å²) >= 11 is 0. The van der Waals surface area contributed by atoms with Crippen LogP contribution in [0.2, 0.25) is 0 Å². The van der Waals surface area contributed by atoms with Gasteiger partial charge < -0.3 is 15.1 Å². The number of nitrogens with one attached hydrogen (secondary N) is 2. The highest BCUT2D eigenvalue weighted by molar-refractivity contribution is 5.85. The molecule has 0 spiro atoms. The fourth-order valence-corrected chi connectivity index (χ4v) is 2.90. The van der Waals surface area contributed by atoms with E-state index < -0.39 is 0 Å². The molecule has 0 radical (unpaired) electrons. The van der Waals surface area contributed by atoms with Gasteiger partial charge in [-0.1, -0.05) is 30.3 Å². The first-order chi connectivity index (χ1) is 11.2. The van der Waals surface area contributed by atoms with E-state index >= 15 is 0 Å². The van der Waals surface area contributed by atoms with E-state index in [1.165, 1.54) is 0 Å². The molecule has 2 N–H and O–H groups in total. The van der Waals surface area contributed by atoms with Crippen molar-refractivity contribution in [2.75, 3.05) is 6.54 Å². The van der Waals surface area contributed by atoms with E-state index in [2.05, 4.69) is 22.5 Å². The van der Waals surface area contributed by atoms with Crippen molar-refractivity contribution in [1.29, 1.82) is 0 Å². The minimum absolute atomic E-state index is 0. The molecule has 2 aromatic rings. The van der Waals surface area contributed by atoms with Gasteiger partial charge in [0.2, 0.25) is 5.91 Å². The standard InChI is InChI=1S/C18H23N3O2.2ClH/c1-13-15(8-5-11-19-13)21-17(22)9-10-18-20-12-16(23-18)14-6-3-2-4-7-14;;/h2-4,6-7,12-13,15,19H,5,8-11H2,1H3,(H,21,22);2*1H. The van der Waals surface area contributed by atoms with Gasteiger partial charge in [-0.3, -0.25) is 4.79 Å². The van der Waals surface area contributed by atoms with Gasteiger partial charge in [0.05, 0.1) is 6.20 Å². The summed E-state index contributed by atoms with van der Waals surface area (Å²) in [6, 6.07) is 10.4. The van der Waals surface area contributed by atoms with E-state index in [-0.39, 0.29) is 36.8 Å². The SMILES string of the molecule is CC1NCCCC1NC(=O)CCc1ncc(-c2ccccc2)o1.Cl.Cl. The number of carbonyl (C=O) groups is 1. The van der Waals surface area contributed by atoms with Crippen LogP contribution in [-0.4, -0.2) is 29.5 Å². The van der Waals surface area contributed by atoms with Crippen molar-refractivity contribution in [1.82, 2.24) is 15.6 Å². The Bertz CT molecular complexity index is 649. The summed E-state index contributed by atoms with van der Waals surface area (Å²) in [7, 11) is 0. The lowest BCUT2D eigenvalue weighted by Crippen LogP contribution is -2.51. The molecule has 0 bridgehead atoms. The van der Waals surface area contributed by atoms with Crippen molar-refractivity contribution in [3.63, 3.8) is 0 Å². The molecule has 0 saturated carbocycles. The highest BCUT2D eigenvalue weighted by Crippen LogP contribution is 2.20. The molecule has 1 aromatic heterocycles. The zero-order chi connectivity index (χ0) is 16.1. The van der Waals surface area contributed by atoms with E-state index in [9.17, 15) is 4.79 Å². The summed E-state index contributed by atoms with van der Waals surface area (Å²) in [5, 5.41) is 6.49. The molecule has 2 atom stereocenters. The summed E-state index contributed by atoms with van der Waals surface area (Å²) in [4.78, 5) is 16.4. The van der Waals surface area contributed by atoms with Crippen LogP contribution in [0, 0.1) is 0 Å². The van der Waals surface area contributed by atoms with E-state index in [1.54, 1.807) is 6.20 Å². The largest absolute Gasteiger partial charge is 0.441 e. The Hall–Kier alpha value is -1.56. The number of hydrogen-bond donors (Lipinski definition) is 2. The number of amides is 1. The molecule has 138 valence electrons. The number of rotatable bonds is 5. The lowest BCUT2D eigenvalue weighted by Gasteiger charge is -2.30. The van der Waals surface area contributed by atoms with Gasteiger partial charge in [0, 0.05) is 30.5 Å². The molecular formula is C18H25Cl2N3O2. The Morgan fingerprint density at radius 1 is 1.32 bits per heavy atom. The highest BCUT2D eigenvalue weighted by Gasteiger charge is 2.22. The number of nitrogens with zero attached hydrogens (tertiary/aromatic N) is 1. The van der Waals surface area contributed by atoms with Crippen molar-refractivity contribution in [2.45, 2.75) is 44.7 Å². The van der Waals surface area contributed by atoms with Gasteiger partial charge in [-0.15, -0.1) is 24.8 Å². The molecule has 1 aliphatic rings. The van der Waals surface area contributed by atoms with Gasteiger partial charge >= 0.3 is 0 Å². The van der Waals surface area contributed by atoms with Crippen LogP contribution in [0.25, 0.3) is 11.3 Å². The van der Waals surface area contributed by atoms with Crippen molar-refractivity contribution in [2.24, 2.45) is 0 Å². The van der Waals surface area contributed by atoms with Gasteiger partial charge in [-0.05, 0) is 26.3 Å². The number of aromatic nitrogens is 1. The van der Waals surface area contributed by atoms with Crippen LogP contribution in [0.5, 0.6) is 0 Å². The van der Waals surface area contributed by atoms with Gasteiger partial charge in [0.15, 0.2) is 11.7 Å². The quantitative estimate of drug-likeness (QED) is 0.827. The molecule has 1 aromatic carbocycles. The summed E-state index contributed by atoms with van der Waals surface area (Å²) < 4.78 is 5.73. The molecule has 25 heavy (non-hydrogen) atoms. The maximum absolute atomic E-state index is 12.1. The first kappa shape index (κ1) is 21.5. The summed E-state index contributed by atoms with van der Waals surface area (Å²) in [6.45, 7) is 3.15. The van der Waals surface area contributed by atoms with Crippen molar-refractivity contribution < 1.29 is 9.21 Å². The average Bonchev–Trinajstić information content (AvgIpc) is 3.05. The van der Waals surface area contributed by atoms with Crippen LogP contribution in [0.1, 0.15) is 32.1 Å². The number of aryl methyl sites for hydroxylation is 1. The van der Waals surface area contributed by atoms with Crippen LogP contribution in [0.4, 0.5) is 0 Å². The number of carbonyl (C=O) groups excluding carboxylic acids is 1. The number of hydrogen-bond acceptors (Lipinski definition) is 4. The van der Waals surface area contributed by atoms with Gasteiger partial charge in [0.25, 0.3) is 0 Å². The third-order valence-electron chi connectivity index (χ3n) is 4.29. The second-order valence-electron chi connectivity index (χ2n) is 6.04. The number of oxazole rings is 1. The minimum Gasteiger partial charge on any atom is -0.441 e. The van der Waals surface area contributed by atoms with Crippen molar-refractivity contribution in [3.05, 3.63) is 42.4 Å². The molecule has 2 unspecified atom stereocenters. The van der Waals surface area contributed by atoms with E-state index in [0.29, 0.717) is 24.8 Å². The fourth-order valence-electron chi connectivity index (χ4n) is 2.90. The average molecular weight is 386 g/mol. The van der Waals surface area contributed by atoms with E-state index in [1.807, 2.05) is 30.3 Å². The molecule has 1 fully saturated rings. The molecule has 0 aliphatic carbocycles. The second-order valence-corrected chi connectivity index (χ2v) is 6.04. The third-order valence-corrected chi connectivity index (χ3v) is 4.29. The molecule has 3 rings (SSSR count). The molecular weight excluding hydrogens is 361 g/mol. The van der Waals surface area contributed by atoms with Gasteiger partial charge in [-0.25, -0.2) is 4.98 Å². The number of halogens is 2. The molecule has 7 heteroatoms. The third kappa shape index (κ3) is 6.03. The molecule has 1 aliphatic heterocycles. The van der Waals surface area contributed by atoms with E-state index in [0.717, 1.165) is 30.7 Å². The zero-order valence-electron chi connectivity index (χ0n) is 14.2. The smallest absolute Gasteiger partial charge is 0.220 e. The second kappa shape index (κ2) is 10.4. The van der Waals surface area contributed by atoms with Gasteiger partial charge in [0.1, 0.15) is 0 Å². The van der Waals surface area contributed by atoms with Crippen molar-refractivity contribution in [3.8, 4) is 11.3 Å². The number of piperidine rings is 1. The van der Waals surface area contributed by atoms with E-state index in [4.69, 9.17) is 4.42 Å². The zero-order valence-corrected chi connectivity index (χ0v) is 15.9. The van der Waals surface area contributed by atoms with Crippen LogP contribution in [0.3, 0.4) is 0 Å². The Morgan fingerprint density at radius 3 is 2.80 bits per heavy atom. The maximum atomic E-state index is 12.1. The lowest BCUT2D eigenvalue weighted by molar-refractivity contribution is -0.122. The maximum Gasteiger partial charge on any atom is 0.220 e. The summed E-state index contributed by atoms with van der Waals surface area (Å²) in [5.74, 6) is 1.41. The van der Waals surface area contributed by atoms with Crippen LogP contribution in [-0.2, 0) is 11.2 Å². The van der Waals surface area contributed by atoms with Gasteiger partial charge in [-0.2, -0.15) is 0 Å². The summed E-state index contributed by atoms with van der Waals surface area (Å²) in [6.07, 6.45) is 4.79. The Labute approximate surface area is 160 Å². The van der Waals surface area contributed by atoms with Crippen molar-refractivity contribution >= 4 is 30.7 Å². The number of benzene rings is 1. The molecule has 1 saturated heterocycles. The topological polar surface area (TPSA) is 67.2 Å².